The highest BCUT2D eigenvalue weighted by atomic mass is 16.6. The summed E-state index contributed by atoms with van der Waals surface area (Å²) in [6.07, 6.45) is 2.40. The molecule has 0 spiro atoms. The lowest BCUT2D eigenvalue weighted by Gasteiger charge is -2.25. The summed E-state index contributed by atoms with van der Waals surface area (Å²) in [6.45, 7) is 5.45. The third-order valence-electron chi connectivity index (χ3n) is 5.41. The molecule has 0 fully saturated rings. The van der Waals surface area contributed by atoms with Gasteiger partial charge in [-0.15, -0.1) is 0 Å². The number of rotatable bonds is 14. The van der Waals surface area contributed by atoms with Crippen LogP contribution in [0.1, 0.15) is 52.0 Å². The number of ether oxygens (including phenoxy) is 3. The summed E-state index contributed by atoms with van der Waals surface area (Å²) >= 11 is 0. The number of carbonyl (C=O) groups excluding carboxylic acids is 3. The predicted molar refractivity (Wildman–Crippen MR) is 130 cm³/mol. The second-order valence-electron chi connectivity index (χ2n) is 8.35. The largest absolute Gasteiger partial charge is 0.494 e. The van der Waals surface area contributed by atoms with E-state index in [2.05, 4.69) is 13.0 Å². The lowest BCUT2D eigenvalue weighted by molar-refractivity contribution is -0.154. The molecule has 7 heteroatoms. The van der Waals surface area contributed by atoms with Crippen LogP contribution in [0.3, 0.4) is 0 Å². The Balaban J connectivity index is 2.15. The molecule has 0 saturated heterocycles. The summed E-state index contributed by atoms with van der Waals surface area (Å²) in [4.78, 5) is 34.5. The number of primary amides is 1. The van der Waals surface area contributed by atoms with Crippen molar-refractivity contribution in [2.75, 3.05) is 13.2 Å². The molecule has 184 valence electrons. The van der Waals surface area contributed by atoms with Crippen molar-refractivity contribution in [2.45, 2.75) is 59.0 Å². The van der Waals surface area contributed by atoms with Crippen molar-refractivity contribution in [2.24, 2.45) is 11.7 Å². The highest BCUT2D eigenvalue weighted by Crippen LogP contribution is 2.26. The summed E-state index contributed by atoms with van der Waals surface area (Å²) in [5.74, 6) is -1.05. The first-order valence-corrected chi connectivity index (χ1v) is 11.7. The van der Waals surface area contributed by atoms with Crippen LogP contribution in [0.4, 0.5) is 0 Å². The van der Waals surface area contributed by atoms with Gasteiger partial charge in [0.15, 0.2) is 0 Å². The predicted octanol–water partition coefficient (Wildman–Crippen LogP) is 4.45. The molecular formula is C27H35NO6. The molecule has 2 atom stereocenters. The average molecular weight is 470 g/mol. The van der Waals surface area contributed by atoms with Gasteiger partial charge in [0.05, 0.1) is 19.6 Å². The van der Waals surface area contributed by atoms with Crippen LogP contribution in [0.25, 0.3) is 11.1 Å². The van der Waals surface area contributed by atoms with Crippen LogP contribution in [0.5, 0.6) is 5.75 Å². The Hall–Kier alpha value is -3.35. The Morgan fingerprint density at radius 1 is 0.971 bits per heavy atom. The number of nitrogens with two attached hydrogens (primary N) is 1. The van der Waals surface area contributed by atoms with Crippen LogP contribution in [-0.2, 0) is 30.3 Å². The molecule has 2 rings (SSSR count). The molecule has 0 saturated carbocycles. The van der Waals surface area contributed by atoms with E-state index in [9.17, 15) is 14.4 Å². The fourth-order valence-electron chi connectivity index (χ4n) is 3.68. The summed E-state index contributed by atoms with van der Waals surface area (Å²) in [5, 5.41) is 0. The molecule has 0 radical (unpaired) electrons. The quantitative estimate of drug-likeness (QED) is 0.324. The Morgan fingerprint density at radius 3 is 2.32 bits per heavy atom. The van der Waals surface area contributed by atoms with Gasteiger partial charge in [0.25, 0.3) is 0 Å². The summed E-state index contributed by atoms with van der Waals surface area (Å²) in [6, 6.07) is 16.2. The number of unbranched alkanes of at least 4 members (excludes halogenated alkanes) is 1. The second kappa shape index (κ2) is 14.0. The van der Waals surface area contributed by atoms with Crippen LogP contribution in [0.15, 0.2) is 48.5 Å². The maximum atomic E-state index is 11.6. The number of hydrogen-bond acceptors (Lipinski definition) is 6. The van der Waals surface area contributed by atoms with E-state index in [1.165, 1.54) is 13.8 Å². The topological polar surface area (TPSA) is 105 Å². The Bertz CT molecular complexity index is 942. The first kappa shape index (κ1) is 26.9. The van der Waals surface area contributed by atoms with Crippen LogP contribution < -0.4 is 10.5 Å². The van der Waals surface area contributed by atoms with Crippen molar-refractivity contribution < 1.29 is 28.6 Å². The highest BCUT2D eigenvalue weighted by Gasteiger charge is 2.27. The van der Waals surface area contributed by atoms with Crippen molar-refractivity contribution in [3.05, 3.63) is 54.1 Å². The lowest BCUT2D eigenvalue weighted by atomic mass is 9.91. The average Bonchev–Trinajstić information content (AvgIpc) is 2.78. The Kier molecular flexibility index (Phi) is 11.1. The first-order valence-electron chi connectivity index (χ1n) is 11.7. The van der Waals surface area contributed by atoms with E-state index >= 15 is 0 Å². The molecule has 0 bridgehead atoms. The maximum absolute atomic E-state index is 11.6. The van der Waals surface area contributed by atoms with Gasteiger partial charge in [-0.25, -0.2) is 0 Å². The van der Waals surface area contributed by atoms with Crippen molar-refractivity contribution in [3.8, 4) is 16.9 Å². The van der Waals surface area contributed by atoms with Gasteiger partial charge in [-0.1, -0.05) is 49.7 Å². The highest BCUT2D eigenvalue weighted by molar-refractivity contribution is 5.75. The van der Waals surface area contributed by atoms with Crippen molar-refractivity contribution in [1.29, 1.82) is 0 Å². The third kappa shape index (κ3) is 9.65. The van der Waals surface area contributed by atoms with E-state index in [4.69, 9.17) is 19.9 Å². The molecule has 7 nitrogen and oxygen atoms in total. The molecule has 0 aliphatic heterocycles. The number of aryl methyl sites for hydroxylation is 1. The number of benzene rings is 2. The first-order chi connectivity index (χ1) is 16.3. The van der Waals surface area contributed by atoms with Crippen molar-refractivity contribution >= 4 is 17.8 Å². The van der Waals surface area contributed by atoms with Gasteiger partial charge in [0.1, 0.15) is 11.9 Å². The standard InChI is InChI=1S/C27H35NO6/c1-4-5-14-32-25-11-7-10-23(16-25)22-9-6-8-21(15-22)12-13-24(18-33-19(2)29)26(17-27(28)31)34-20(3)30/h6-11,15-16,24,26H,4-5,12-14,17-18H2,1-3H3,(H2,28,31). The minimum atomic E-state index is -0.755. The van der Waals surface area contributed by atoms with Crippen LogP contribution >= 0.6 is 0 Å². The van der Waals surface area contributed by atoms with Crippen molar-refractivity contribution in [1.82, 2.24) is 0 Å². The minimum Gasteiger partial charge on any atom is -0.494 e. The molecule has 1 amide bonds. The van der Waals surface area contributed by atoms with Gasteiger partial charge in [-0.05, 0) is 48.1 Å². The minimum absolute atomic E-state index is 0.0391. The fraction of sp³-hybridized carbons (Fsp3) is 0.444. The molecule has 2 N–H and O–H groups in total. The molecule has 0 heterocycles. The summed E-state index contributed by atoms with van der Waals surface area (Å²) in [5.41, 5.74) is 8.54. The Morgan fingerprint density at radius 2 is 1.68 bits per heavy atom. The Labute approximate surface area is 201 Å². The van der Waals surface area contributed by atoms with Gasteiger partial charge < -0.3 is 19.9 Å². The SMILES string of the molecule is CCCCOc1cccc(-c2cccc(CCC(COC(C)=O)C(CC(N)=O)OC(C)=O)c2)c1. The van der Waals surface area contributed by atoms with Gasteiger partial charge in [-0.2, -0.15) is 0 Å². The summed E-state index contributed by atoms with van der Waals surface area (Å²) < 4.78 is 16.4. The van der Waals surface area contributed by atoms with E-state index in [0.29, 0.717) is 19.4 Å². The fourth-order valence-corrected chi connectivity index (χ4v) is 3.68. The zero-order valence-electron chi connectivity index (χ0n) is 20.3. The molecule has 2 unspecified atom stereocenters. The number of amides is 1. The van der Waals surface area contributed by atoms with Gasteiger partial charge >= 0.3 is 11.9 Å². The molecular weight excluding hydrogens is 434 g/mol. The number of hydrogen-bond donors (Lipinski definition) is 1. The van der Waals surface area contributed by atoms with Gasteiger partial charge in [-0.3, -0.25) is 14.4 Å². The smallest absolute Gasteiger partial charge is 0.302 e. The van der Waals surface area contributed by atoms with E-state index in [0.717, 1.165) is 35.3 Å². The van der Waals surface area contributed by atoms with E-state index in [1.54, 1.807) is 0 Å². The molecule has 2 aromatic rings. The summed E-state index contributed by atoms with van der Waals surface area (Å²) in [7, 11) is 0. The monoisotopic (exact) mass is 469 g/mol. The maximum Gasteiger partial charge on any atom is 0.302 e. The second-order valence-corrected chi connectivity index (χ2v) is 8.35. The van der Waals surface area contributed by atoms with E-state index in [1.807, 2.05) is 42.5 Å². The number of esters is 2. The van der Waals surface area contributed by atoms with Crippen LogP contribution in [0.2, 0.25) is 0 Å². The van der Waals surface area contributed by atoms with E-state index in [-0.39, 0.29) is 18.9 Å². The third-order valence-corrected chi connectivity index (χ3v) is 5.41. The normalized spacial score (nSPS) is 12.4. The molecule has 0 aliphatic carbocycles. The van der Waals surface area contributed by atoms with Gasteiger partial charge in [0, 0.05) is 19.8 Å². The van der Waals surface area contributed by atoms with Gasteiger partial charge in [0.2, 0.25) is 5.91 Å². The van der Waals surface area contributed by atoms with Crippen molar-refractivity contribution in [3.63, 3.8) is 0 Å². The molecule has 0 aromatic heterocycles. The molecule has 2 aromatic carbocycles. The lowest BCUT2D eigenvalue weighted by Crippen LogP contribution is -2.34. The zero-order valence-corrected chi connectivity index (χ0v) is 20.3. The van der Waals surface area contributed by atoms with Crippen LogP contribution in [-0.4, -0.2) is 37.2 Å². The van der Waals surface area contributed by atoms with Crippen LogP contribution in [0, 0.1) is 5.92 Å². The van der Waals surface area contributed by atoms with E-state index < -0.39 is 23.9 Å². The zero-order chi connectivity index (χ0) is 24.9. The molecule has 34 heavy (non-hydrogen) atoms. The number of carbonyl (C=O) groups is 3. The molecule has 0 aliphatic rings.